The van der Waals surface area contributed by atoms with Crippen LogP contribution in [0.1, 0.15) is 17.9 Å². The highest BCUT2D eigenvalue weighted by molar-refractivity contribution is 5.89. The summed E-state index contributed by atoms with van der Waals surface area (Å²) in [6.45, 7) is 0. The maximum atomic E-state index is 12.4. The number of benzene rings is 1. The largest absolute Gasteiger partial charge is 0.573 e. The number of nitrogens with zero attached hydrogens (tertiary/aromatic N) is 1. The maximum absolute atomic E-state index is 12.4. The molecule has 1 amide bonds. The molecule has 1 aromatic heterocycles. The number of para-hydroxylation sites is 1. The van der Waals surface area contributed by atoms with Crippen LogP contribution >= 0.6 is 0 Å². The van der Waals surface area contributed by atoms with Crippen molar-refractivity contribution in [1.29, 1.82) is 0 Å². The highest BCUT2D eigenvalue weighted by Crippen LogP contribution is 2.51. The van der Waals surface area contributed by atoms with Gasteiger partial charge in [0.2, 0.25) is 5.91 Å². The summed E-state index contributed by atoms with van der Waals surface area (Å²) in [7, 11) is 0. The summed E-state index contributed by atoms with van der Waals surface area (Å²) in [6, 6.07) is 9.46. The normalized spacial score (nSPS) is 20.5. The number of nitrogens with one attached hydrogen (secondary N) is 1. The molecule has 0 unspecified atom stereocenters. The van der Waals surface area contributed by atoms with Gasteiger partial charge < -0.3 is 4.74 Å². The Labute approximate surface area is 124 Å². The summed E-state index contributed by atoms with van der Waals surface area (Å²) in [5.74, 6) is -1.06. The van der Waals surface area contributed by atoms with Crippen molar-refractivity contribution < 1.29 is 22.7 Å². The zero-order valence-electron chi connectivity index (χ0n) is 11.4. The second-order valence-corrected chi connectivity index (χ2v) is 5.10. The molecule has 3 rings (SSSR count). The average Bonchev–Trinajstić information content (AvgIpc) is 3.08. The Morgan fingerprint density at radius 3 is 2.55 bits per heavy atom. The van der Waals surface area contributed by atoms with Crippen LogP contribution < -0.4 is 10.2 Å². The van der Waals surface area contributed by atoms with Gasteiger partial charge in [0.15, 0.2) is 0 Å². The Balaban J connectivity index is 1.70. The summed E-state index contributed by atoms with van der Waals surface area (Å²) in [6.07, 6.45) is -0.884. The smallest absolute Gasteiger partial charge is 0.405 e. The summed E-state index contributed by atoms with van der Waals surface area (Å²) in [5, 5.41) is 0. The van der Waals surface area contributed by atoms with E-state index in [0.717, 1.165) is 0 Å². The highest BCUT2D eigenvalue weighted by Gasteiger charge is 2.46. The first kappa shape index (κ1) is 14.5. The molecule has 7 heteroatoms. The van der Waals surface area contributed by atoms with Gasteiger partial charge in [-0.2, -0.15) is 0 Å². The van der Waals surface area contributed by atoms with E-state index in [1.165, 1.54) is 16.8 Å². The lowest BCUT2D eigenvalue weighted by molar-refractivity contribution is -0.274. The van der Waals surface area contributed by atoms with E-state index in [1.54, 1.807) is 36.7 Å². The third-order valence-electron chi connectivity index (χ3n) is 3.52. The second-order valence-electron chi connectivity index (χ2n) is 5.10. The molecule has 1 aromatic carbocycles. The van der Waals surface area contributed by atoms with E-state index in [4.69, 9.17) is 0 Å². The van der Waals surface area contributed by atoms with Crippen molar-refractivity contribution in [3.8, 4) is 5.75 Å². The molecule has 0 spiro atoms. The van der Waals surface area contributed by atoms with Crippen molar-refractivity contribution in [1.82, 2.24) is 4.68 Å². The Morgan fingerprint density at radius 1 is 1.18 bits per heavy atom. The number of hydrogen-bond acceptors (Lipinski definition) is 2. The molecule has 2 aromatic rings. The lowest BCUT2D eigenvalue weighted by Gasteiger charge is -2.13. The number of carbonyl (C=O) groups excluding carboxylic acids is 1. The topological polar surface area (TPSA) is 43.3 Å². The van der Waals surface area contributed by atoms with Crippen molar-refractivity contribution in [2.24, 2.45) is 5.92 Å². The van der Waals surface area contributed by atoms with Crippen LogP contribution in [0.3, 0.4) is 0 Å². The van der Waals surface area contributed by atoms with Gasteiger partial charge in [0, 0.05) is 18.3 Å². The van der Waals surface area contributed by atoms with Crippen LogP contribution in [-0.2, 0) is 4.79 Å². The number of halogens is 3. The molecule has 1 aliphatic carbocycles. The second kappa shape index (κ2) is 5.40. The summed E-state index contributed by atoms with van der Waals surface area (Å²) >= 11 is 0. The molecule has 1 aliphatic rings. The van der Waals surface area contributed by atoms with Crippen molar-refractivity contribution in [3.63, 3.8) is 0 Å². The van der Waals surface area contributed by atoms with Crippen LogP contribution in [-0.4, -0.2) is 16.9 Å². The average molecular weight is 310 g/mol. The number of amides is 1. The van der Waals surface area contributed by atoms with Crippen molar-refractivity contribution >= 4 is 5.91 Å². The minimum atomic E-state index is -4.74. The molecule has 1 saturated carbocycles. The molecule has 1 fully saturated rings. The van der Waals surface area contributed by atoms with Crippen LogP contribution in [0.4, 0.5) is 13.2 Å². The van der Waals surface area contributed by atoms with Crippen LogP contribution in [0.25, 0.3) is 0 Å². The van der Waals surface area contributed by atoms with Crippen molar-refractivity contribution in [2.45, 2.75) is 18.7 Å². The predicted molar refractivity (Wildman–Crippen MR) is 72.8 cm³/mol. The van der Waals surface area contributed by atoms with Gasteiger partial charge in [-0.25, -0.2) is 0 Å². The summed E-state index contributed by atoms with van der Waals surface area (Å²) < 4.78 is 42.8. The third-order valence-corrected chi connectivity index (χ3v) is 3.52. The quantitative estimate of drug-likeness (QED) is 0.942. The fourth-order valence-corrected chi connectivity index (χ4v) is 2.45. The number of alkyl halides is 3. The molecule has 22 heavy (non-hydrogen) atoms. The van der Waals surface area contributed by atoms with E-state index in [0.29, 0.717) is 12.0 Å². The van der Waals surface area contributed by atoms with E-state index >= 15 is 0 Å². The summed E-state index contributed by atoms with van der Waals surface area (Å²) in [5.41, 5.74) is 3.08. The molecule has 4 nitrogen and oxygen atoms in total. The minimum absolute atomic E-state index is 0.219. The Kier molecular flexibility index (Phi) is 3.56. The lowest BCUT2D eigenvalue weighted by atomic mass is 10.1. The van der Waals surface area contributed by atoms with E-state index in [9.17, 15) is 18.0 Å². The molecule has 0 radical (unpaired) electrons. The molecule has 1 heterocycles. The lowest BCUT2D eigenvalue weighted by Crippen LogP contribution is -2.23. The minimum Gasteiger partial charge on any atom is -0.405 e. The van der Waals surface area contributed by atoms with Gasteiger partial charge in [-0.05, 0) is 36.1 Å². The monoisotopic (exact) mass is 310 g/mol. The molecule has 2 atom stereocenters. The van der Waals surface area contributed by atoms with Crippen molar-refractivity contribution in [3.05, 3.63) is 54.4 Å². The van der Waals surface area contributed by atoms with Gasteiger partial charge in [-0.15, -0.1) is 13.2 Å². The molecule has 0 aliphatic heterocycles. The standard InChI is InChI=1S/C15H13F3N2O2/c16-15(17,18)22-13-6-2-1-5-10(13)11-9-12(11)14(21)19-20-7-3-4-8-20/h1-8,11-12H,9H2,(H,19,21)/t11-,12+/m0/s1. The molecular weight excluding hydrogens is 297 g/mol. The van der Waals surface area contributed by atoms with Gasteiger partial charge in [0.25, 0.3) is 0 Å². The van der Waals surface area contributed by atoms with Gasteiger partial charge in [-0.1, -0.05) is 18.2 Å². The maximum Gasteiger partial charge on any atom is 0.573 e. The first-order valence-electron chi connectivity index (χ1n) is 6.72. The van der Waals surface area contributed by atoms with Gasteiger partial charge in [0.1, 0.15) is 5.75 Å². The number of ether oxygens (including phenoxy) is 1. The molecule has 0 saturated heterocycles. The van der Waals surface area contributed by atoms with E-state index in [-0.39, 0.29) is 23.5 Å². The molecular formula is C15H13F3N2O2. The summed E-state index contributed by atoms with van der Waals surface area (Å²) in [4.78, 5) is 12.1. The fraction of sp³-hybridized carbons (Fsp3) is 0.267. The Hall–Kier alpha value is -2.44. The fourth-order valence-electron chi connectivity index (χ4n) is 2.45. The van der Waals surface area contributed by atoms with Crippen LogP contribution in [0.2, 0.25) is 0 Å². The number of aromatic nitrogens is 1. The zero-order chi connectivity index (χ0) is 15.7. The molecule has 1 N–H and O–H groups in total. The zero-order valence-corrected chi connectivity index (χ0v) is 11.4. The predicted octanol–water partition coefficient (Wildman–Crippen LogP) is 3.26. The molecule has 0 bridgehead atoms. The highest BCUT2D eigenvalue weighted by atomic mass is 19.4. The van der Waals surface area contributed by atoms with Gasteiger partial charge in [-0.3, -0.25) is 14.9 Å². The van der Waals surface area contributed by atoms with Crippen LogP contribution in [0.5, 0.6) is 5.75 Å². The van der Waals surface area contributed by atoms with Gasteiger partial charge >= 0.3 is 6.36 Å². The first-order chi connectivity index (χ1) is 10.4. The van der Waals surface area contributed by atoms with Crippen LogP contribution in [0.15, 0.2) is 48.8 Å². The van der Waals surface area contributed by atoms with Crippen LogP contribution in [0, 0.1) is 5.92 Å². The number of rotatable bonds is 4. The van der Waals surface area contributed by atoms with Gasteiger partial charge in [0.05, 0.1) is 0 Å². The molecule has 116 valence electrons. The third kappa shape index (κ3) is 3.24. The number of hydrogen-bond donors (Lipinski definition) is 1. The Bertz CT molecular complexity index is 668. The van der Waals surface area contributed by atoms with E-state index in [1.807, 2.05) is 0 Å². The number of carbonyl (C=O) groups is 1. The van der Waals surface area contributed by atoms with E-state index < -0.39 is 6.36 Å². The van der Waals surface area contributed by atoms with Crippen molar-refractivity contribution in [2.75, 3.05) is 5.43 Å². The van der Waals surface area contributed by atoms with E-state index in [2.05, 4.69) is 10.2 Å². The first-order valence-corrected chi connectivity index (χ1v) is 6.72. The SMILES string of the molecule is O=C(Nn1cccc1)[C@@H]1C[C@H]1c1ccccc1OC(F)(F)F. The Morgan fingerprint density at radius 2 is 1.86 bits per heavy atom.